The average Bonchev–Trinajstić information content (AvgIpc) is 3.26. The van der Waals surface area contributed by atoms with Crippen LogP contribution in [0, 0.1) is 0 Å². The van der Waals surface area contributed by atoms with Gasteiger partial charge in [0.1, 0.15) is 11.5 Å². The molecule has 6 rings (SSSR count). The van der Waals surface area contributed by atoms with Gasteiger partial charge < -0.3 is 9.84 Å². The van der Waals surface area contributed by atoms with Crippen LogP contribution < -0.4 is 4.74 Å². The normalized spacial score (nSPS) is 19.5. The molecule has 0 bridgehead atoms. The van der Waals surface area contributed by atoms with Crippen LogP contribution in [0.1, 0.15) is 35.4 Å². The van der Waals surface area contributed by atoms with Gasteiger partial charge in [0.2, 0.25) is 6.23 Å². The van der Waals surface area contributed by atoms with E-state index in [1.54, 1.807) is 18.2 Å². The predicted molar refractivity (Wildman–Crippen MR) is 123 cm³/mol. The molecule has 0 saturated heterocycles. The molecule has 31 heavy (non-hydrogen) atoms. The summed E-state index contributed by atoms with van der Waals surface area (Å²) in [6.45, 7) is 0. The number of hydrazone groups is 1. The fourth-order valence-electron chi connectivity index (χ4n) is 4.51. The third kappa shape index (κ3) is 3.03. The van der Waals surface area contributed by atoms with E-state index in [4.69, 9.17) is 21.4 Å². The van der Waals surface area contributed by atoms with Crippen molar-refractivity contribution in [2.24, 2.45) is 5.10 Å². The summed E-state index contributed by atoms with van der Waals surface area (Å²) in [6.07, 6.45) is 0.202. The molecule has 0 saturated carbocycles. The molecule has 0 radical (unpaired) electrons. The van der Waals surface area contributed by atoms with Crippen LogP contribution in [-0.4, -0.2) is 15.8 Å². The third-order valence-corrected chi connectivity index (χ3v) is 6.27. The van der Waals surface area contributed by atoms with Crippen LogP contribution in [0.2, 0.25) is 5.02 Å². The van der Waals surface area contributed by atoms with E-state index >= 15 is 0 Å². The van der Waals surface area contributed by atoms with Gasteiger partial charge >= 0.3 is 0 Å². The van der Waals surface area contributed by atoms with Crippen molar-refractivity contribution in [2.75, 3.05) is 0 Å². The second-order valence-electron chi connectivity index (χ2n) is 7.92. The van der Waals surface area contributed by atoms with E-state index in [1.165, 1.54) is 10.8 Å². The number of phenols is 1. The van der Waals surface area contributed by atoms with Crippen molar-refractivity contribution in [3.05, 3.63) is 107 Å². The van der Waals surface area contributed by atoms with Gasteiger partial charge in [-0.05, 0) is 46.7 Å². The molecule has 0 unspecified atom stereocenters. The number of fused-ring (bicyclic) bond motifs is 4. The van der Waals surface area contributed by atoms with Crippen molar-refractivity contribution >= 4 is 28.1 Å². The summed E-state index contributed by atoms with van der Waals surface area (Å²) in [6, 6.07) is 27.8. The van der Waals surface area contributed by atoms with E-state index in [0.29, 0.717) is 10.6 Å². The molecule has 0 spiro atoms. The summed E-state index contributed by atoms with van der Waals surface area (Å²) in [7, 11) is 0. The molecule has 0 fully saturated rings. The lowest BCUT2D eigenvalue weighted by Gasteiger charge is -2.38. The molecule has 4 aromatic rings. The highest BCUT2D eigenvalue weighted by molar-refractivity contribution is 6.30. The Bertz CT molecular complexity index is 1350. The zero-order valence-corrected chi connectivity index (χ0v) is 17.3. The Morgan fingerprint density at radius 1 is 0.871 bits per heavy atom. The summed E-state index contributed by atoms with van der Waals surface area (Å²) in [4.78, 5) is 0. The Morgan fingerprint density at radius 3 is 2.58 bits per heavy atom. The van der Waals surface area contributed by atoms with Crippen LogP contribution in [0.3, 0.4) is 0 Å². The Balaban J connectivity index is 1.47. The van der Waals surface area contributed by atoms with Crippen molar-refractivity contribution in [1.82, 2.24) is 5.01 Å². The maximum atomic E-state index is 10.5. The standard InChI is InChI=1S/C26H19ClN2O2/c27-19-11-12-24(30)21(14-19)26-29-23(20-7-3-4-8-25(20)31-26)15-22(28-29)18-10-9-16-5-1-2-6-17(16)13-18/h1-14,23,26,30H,15H2/t23-,26+/m1/s1. The molecular weight excluding hydrogens is 408 g/mol. The molecule has 2 heterocycles. The molecule has 0 aliphatic carbocycles. The fraction of sp³-hybridized carbons (Fsp3) is 0.115. The van der Waals surface area contributed by atoms with Crippen molar-refractivity contribution in [2.45, 2.75) is 18.7 Å². The first-order valence-electron chi connectivity index (χ1n) is 10.3. The summed E-state index contributed by atoms with van der Waals surface area (Å²) in [5, 5.41) is 20.4. The number of ether oxygens (including phenoxy) is 1. The Kier molecular flexibility index (Phi) is 4.15. The van der Waals surface area contributed by atoms with Crippen molar-refractivity contribution in [1.29, 1.82) is 0 Å². The SMILES string of the molecule is Oc1ccc(Cl)cc1[C@@H]1Oc2ccccc2[C@H]2CC(c3ccc4ccccc4c3)=NN21. The van der Waals surface area contributed by atoms with Crippen LogP contribution in [0.5, 0.6) is 11.5 Å². The highest BCUT2D eigenvalue weighted by atomic mass is 35.5. The number of hydrogen-bond acceptors (Lipinski definition) is 4. The number of nitrogens with zero attached hydrogens (tertiary/aromatic N) is 2. The monoisotopic (exact) mass is 426 g/mol. The fourth-order valence-corrected chi connectivity index (χ4v) is 4.69. The van der Waals surface area contributed by atoms with Gasteiger partial charge in [-0.25, -0.2) is 5.01 Å². The molecule has 0 amide bonds. The molecular formula is C26H19ClN2O2. The maximum Gasteiger partial charge on any atom is 0.217 e. The van der Waals surface area contributed by atoms with Gasteiger partial charge in [0.05, 0.1) is 17.3 Å². The zero-order chi connectivity index (χ0) is 20.9. The average molecular weight is 427 g/mol. The Morgan fingerprint density at radius 2 is 1.68 bits per heavy atom. The first-order valence-corrected chi connectivity index (χ1v) is 10.6. The molecule has 2 atom stereocenters. The van der Waals surface area contributed by atoms with Gasteiger partial charge in [-0.3, -0.25) is 0 Å². The number of benzene rings is 4. The van der Waals surface area contributed by atoms with Gasteiger partial charge in [0.15, 0.2) is 0 Å². The summed E-state index contributed by atoms with van der Waals surface area (Å²) in [5.74, 6) is 0.949. The molecule has 4 aromatic carbocycles. The van der Waals surface area contributed by atoms with E-state index in [0.717, 1.165) is 29.0 Å². The predicted octanol–water partition coefficient (Wildman–Crippen LogP) is 6.44. The lowest BCUT2D eigenvalue weighted by molar-refractivity contribution is -0.0203. The minimum atomic E-state index is -0.559. The second kappa shape index (κ2) is 7.03. The number of para-hydroxylation sites is 1. The van der Waals surface area contributed by atoms with Crippen LogP contribution in [0.15, 0.2) is 90.0 Å². The van der Waals surface area contributed by atoms with Gasteiger partial charge in [0.25, 0.3) is 0 Å². The first kappa shape index (κ1) is 18.3. The van der Waals surface area contributed by atoms with E-state index in [9.17, 15) is 5.11 Å². The van der Waals surface area contributed by atoms with Crippen molar-refractivity contribution in [3.8, 4) is 11.5 Å². The van der Waals surface area contributed by atoms with Crippen molar-refractivity contribution in [3.63, 3.8) is 0 Å². The molecule has 0 aromatic heterocycles. The quantitative estimate of drug-likeness (QED) is 0.401. The van der Waals surface area contributed by atoms with E-state index in [2.05, 4.69) is 36.4 Å². The molecule has 152 valence electrons. The number of halogens is 1. The number of hydrogen-bond donors (Lipinski definition) is 1. The summed E-state index contributed by atoms with van der Waals surface area (Å²) < 4.78 is 6.32. The van der Waals surface area contributed by atoms with E-state index < -0.39 is 6.23 Å². The van der Waals surface area contributed by atoms with Crippen LogP contribution in [-0.2, 0) is 0 Å². The zero-order valence-electron chi connectivity index (χ0n) is 16.6. The highest BCUT2D eigenvalue weighted by Crippen LogP contribution is 2.49. The summed E-state index contributed by atoms with van der Waals surface area (Å²) >= 11 is 6.24. The van der Waals surface area contributed by atoms with Crippen LogP contribution in [0.25, 0.3) is 10.8 Å². The lowest BCUT2D eigenvalue weighted by atomic mass is 9.95. The maximum absolute atomic E-state index is 10.5. The van der Waals surface area contributed by atoms with Gasteiger partial charge in [0, 0.05) is 17.0 Å². The largest absolute Gasteiger partial charge is 0.507 e. The first-order chi connectivity index (χ1) is 15.2. The minimum absolute atomic E-state index is 0.0230. The van der Waals surface area contributed by atoms with Crippen LogP contribution in [0.4, 0.5) is 0 Å². The van der Waals surface area contributed by atoms with Gasteiger partial charge in [-0.15, -0.1) is 0 Å². The smallest absolute Gasteiger partial charge is 0.217 e. The number of aromatic hydroxyl groups is 1. The summed E-state index contributed by atoms with van der Waals surface area (Å²) in [5.41, 5.74) is 3.80. The van der Waals surface area contributed by atoms with E-state index in [1.807, 2.05) is 35.3 Å². The number of rotatable bonds is 2. The van der Waals surface area contributed by atoms with E-state index in [-0.39, 0.29) is 11.8 Å². The Hall–Kier alpha value is -3.50. The Labute approximate surface area is 185 Å². The second-order valence-corrected chi connectivity index (χ2v) is 8.36. The molecule has 1 N–H and O–H groups in total. The van der Waals surface area contributed by atoms with Gasteiger partial charge in [-0.2, -0.15) is 5.10 Å². The molecule has 2 aliphatic heterocycles. The van der Waals surface area contributed by atoms with Crippen molar-refractivity contribution < 1.29 is 9.84 Å². The molecule has 2 aliphatic rings. The highest BCUT2D eigenvalue weighted by Gasteiger charge is 2.41. The van der Waals surface area contributed by atoms with Gasteiger partial charge in [-0.1, -0.05) is 66.2 Å². The topological polar surface area (TPSA) is 45.1 Å². The van der Waals surface area contributed by atoms with Crippen LogP contribution >= 0.6 is 11.6 Å². The molecule has 4 nitrogen and oxygen atoms in total. The number of phenolic OH excluding ortho intramolecular Hbond substituents is 1. The lowest BCUT2D eigenvalue weighted by Crippen LogP contribution is -2.33. The minimum Gasteiger partial charge on any atom is -0.507 e. The third-order valence-electron chi connectivity index (χ3n) is 6.04. The molecule has 5 heteroatoms.